The Morgan fingerprint density at radius 3 is 2.45 bits per heavy atom. The van der Waals surface area contributed by atoms with Gasteiger partial charge in [0, 0.05) is 62.8 Å². The fourth-order valence-corrected chi connectivity index (χ4v) is 4.96. The van der Waals surface area contributed by atoms with Crippen LogP contribution in [0.3, 0.4) is 0 Å². The summed E-state index contributed by atoms with van der Waals surface area (Å²) in [5.74, 6) is 0.148. The summed E-state index contributed by atoms with van der Waals surface area (Å²) in [5, 5.41) is 6.67. The zero-order chi connectivity index (χ0) is 29.9. The van der Waals surface area contributed by atoms with Gasteiger partial charge < -0.3 is 14.4 Å². The number of nitrogens with zero attached hydrogens (tertiary/aromatic N) is 4. The van der Waals surface area contributed by atoms with Crippen molar-refractivity contribution in [1.29, 1.82) is 0 Å². The van der Waals surface area contributed by atoms with Gasteiger partial charge in [0.2, 0.25) is 5.91 Å². The monoisotopic (exact) mass is 596 g/mol. The van der Waals surface area contributed by atoms with Crippen molar-refractivity contribution in [3.8, 4) is 0 Å². The minimum atomic E-state index is -0.666. The SMILES string of the molecule is CCOC(=O)N1CCN(CC[C@@H](COC(=O)Nc2cc3ccccc3cn2)N(NCc2ccccc2Cl)C(C)=O)CC1. The van der Waals surface area contributed by atoms with E-state index >= 15 is 0 Å². The van der Waals surface area contributed by atoms with Crippen LogP contribution in [0, 0.1) is 0 Å². The zero-order valence-corrected chi connectivity index (χ0v) is 24.7. The van der Waals surface area contributed by atoms with Crippen LogP contribution in [-0.4, -0.2) is 89.9 Å². The number of rotatable bonds is 11. The van der Waals surface area contributed by atoms with E-state index in [1.54, 1.807) is 30.2 Å². The van der Waals surface area contributed by atoms with Gasteiger partial charge in [-0.3, -0.25) is 20.0 Å². The summed E-state index contributed by atoms with van der Waals surface area (Å²) < 4.78 is 10.7. The number of ether oxygens (including phenoxy) is 2. The number of hydrogen-bond acceptors (Lipinski definition) is 8. The number of hydrazine groups is 1. The van der Waals surface area contributed by atoms with Crippen molar-refractivity contribution in [2.24, 2.45) is 0 Å². The maximum atomic E-state index is 12.8. The molecule has 2 aromatic carbocycles. The predicted molar refractivity (Wildman–Crippen MR) is 161 cm³/mol. The molecule has 42 heavy (non-hydrogen) atoms. The molecule has 2 N–H and O–H groups in total. The predicted octanol–water partition coefficient (Wildman–Crippen LogP) is 4.52. The van der Waals surface area contributed by atoms with Crippen molar-refractivity contribution in [1.82, 2.24) is 25.2 Å². The number of hydrogen-bond donors (Lipinski definition) is 2. The van der Waals surface area contributed by atoms with Crippen LogP contribution in [-0.2, 0) is 20.8 Å². The van der Waals surface area contributed by atoms with Gasteiger partial charge in [0.25, 0.3) is 0 Å². The standard InChI is InChI=1S/C30H37ClN6O5/c1-3-41-30(40)36-16-14-35(15-17-36)13-12-26(37(22(2)38)33-20-25-10-6-7-11-27(25)31)21-42-29(39)34-28-18-23-8-4-5-9-24(23)19-32-28/h4-11,18-19,26,33H,3,12-17,20-21H2,1-2H3,(H,32,34,39)/t26-/m0/s1. The fourth-order valence-electron chi connectivity index (χ4n) is 4.76. The second kappa shape index (κ2) is 15.3. The van der Waals surface area contributed by atoms with E-state index in [9.17, 15) is 14.4 Å². The third-order valence-electron chi connectivity index (χ3n) is 7.05. The Labute approximate surface area is 250 Å². The van der Waals surface area contributed by atoms with E-state index in [1.807, 2.05) is 42.5 Å². The van der Waals surface area contributed by atoms with Crippen LogP contribution in [0.1, 0.15) is 25.8 Å². The molecule has 0 unspecified atom stereocenters. The highest BCUT2D eigenvalue weighted by molar-refractivity contribution is 6.31. The maximum Gasteiger partial charge on any atom is 0.412 e. The van der Waals surface area contributed by atoms with Gasteiger partial charge in [0.1, 0.15) is 12.4 Å². The van der Waals surface area contributed by atoms with Crippen molar-refractivity contribution in [3.63, 3.8) is 0 Å². The normalized spacial score (nSPS) is 14.3. The molecule has 3 amide bonds. The van der Waals surface area contributed by atoms with E-state index in [0.29, 0.717) is 63.1 Å². The summed E-state index contributed by atoms with van der Waals surface area (Å²) in [6.07, 6.45) is 1.24. The highest BCUT2D eigenvalue weighted by atomic mass is 35.5. The minimum absolute atomic E-state index is 0.0443. The molecule has 4 rings (SSSR count). The van der Waals surface area contributed by atoms with E-state index in [4.69, 9.17) is 21.1 Å². The molecule has 1 fully saturated rings. The van der Waals surface area contributed by atoms with Gasteiger partial charge in [-0.15, -0.1) is 0 Å². The van der Waals surface area contributed by atoms with Gasteiger partial charge in [-0.25, -0.2) is 20.0 Å². The van der Waals surface area contributed by atoms with Crippen LogP contribution in [0.15, 0.2) is 60.8 Å². The summed E-state index contributed by atoms with van der Waals surface area (Å²) in [7, 11) is 0. The van der Waals surface area contributed by atoms with Crippen LogP contribution in [0.4, 0.5) is 15.4 Å². The van der Waals surface area contributed by atoms with Crippen molar-refractivity contribution in [2.75, 3.05) is 51.3 Å². The largest absolute Gasteiger partial charge is 0.450 e. The molecule has 2 heterocycles. The van der Waals surface area contributed by atoms with Gasteiger partial charge in [0.05, 0.1) is 12.6 Å². The number of piperazine rings is 1. The molecule has 0 radical (unpaired) electrons. The van der Waals surface area contributed by atoms with E-state index in [0.717, 1.165) is 16.3 Å². The molecule has 1 aromatic heterocycles. The molecule has 224 valence electrons. The molecule has 1 saturated heterocycles. The van der Waals surface area contributed by atoms with Crippen LogP contribution in [0.2, 0.25) is 5.02 Å². The number of aromatic nitrogens is 1. The van der Waals surface area contributed by atoms with E-state index < -0.39 is 12.1 Å². The molecule has 0 aliphatic carbocycles. The van der Waals surface area contributed by atoms with Crippen molar-refractivity contribution >= 4 is 46.3 Å². The summed E-state index contributed by atoms with van der Waals surface area (Å²) >= 11 is 6.33. The first-order chi connectivity index (χ1) is 20.3. The summed E-state index contributed by atoms with van der Waals surface area (Å²) in [6.45, 7) is 6.97. The third-order valence-corrected chi connectivity index (χ3v) is 7.42. The first kappa shape index (κ1) is 31.0. The minimum Gasteiger partial charge on any atom is -0.450 e. The number of carbonyl (C=O) groups is 3. The molecular weight excluding hydrogens is 560 g/mol. The second-order valence-electron chi connectivity index (χ2n) is 9.93. The zero-order valence-electron chi connectivity index (χ0n) is 23.9. The second-order valence-corrected chi connectivity index (χ2v) is 10.3. The van der Waals surface area contributed by atoms with Gasteiger partial charge in [-0.1, -0.05) is 54.1 Å². The Hall–Kier alpha value is -3.93. The molecule has 1 atom stereocenters. The third kappa shape index (κ3) is 8.78. The maximum absolute atomic E-state index is 12.8. The lowest BCUT2D eigenvalue weighted by molar-refractivity contribution is -0.136. The van der Waals surface area contributed by atoms with Gasteiger partial charge in [0.15, 0.2) is 0 Å². The number of carbonyl (C=O) groups excluding carboxylic acids is 3. The number of fused-ring (bicyclic) bond motifs is 1. The van der Waals surface area contributed by atoms with Gasteiger partial charge >= 0.3 is 12.2 Å². The number of pyridine rings is 1. The first-order valence-corrected chi connectivity index (χ1v) is 14.4. The quantitative estimate of drug-likeness (QED) is 0.310. The van der Waals surface area contributed by atoms with E-state index in [-0.39, 0.29) is 18.6 Å². The molecule has 1 aliphatic heterocycles. The number of benzene rings is 2. The lowest BCUT2D eigenvalue weighted by Gasteiger charge is -2.36. The molecule has 3 aromatic rings. The number of nitrogens with one attached hydrogen (secondary N) is 2. The van der Waals surface area contributed by atoms with Crippen LogP contribution in [0.5, 0.6) is 0 Å². The lowest BCUT2D eigenvalue weighted by atomic mass is 10.1. The molecule has 0 saturated carbocycles. The molecule has 12 heteroatoms. The fraction of sp³-hybridized carbons (Fsp3) is 0.400. The molecule has 11 nitrogen and oxygen atoms in total. The van der Waals surface area contributed by atoms with Crippen molar-refractivity contribution in [3.05, 3.63) is 71.4 Å². The average Bonchev–Trinajstić information content (AvgIpc) is 2.99. The summed E-state index contributed by atoms with van der Waals surface area (Å²) in [5.41, 5.74) is 4.01. The molecule has 0 bridgehead atoms. The Kier molecular flexibility index (Phi) is 11.3. The Balaban J connectivity index is 1.39. The van der Waals surface area contributed by atoms with Gasteiger partial charge in [-0.2, -0.15) is 0 Å². The van der Waals surface area contributed by atoms with Crippen molar-refractivity contribution in [2.45, 2.75) is 32.9 Å². The number of halogens is 1. The molecule has 1 aliphatic rings. The van der Waals surface area contributed by atoms with E-state index in [1.165, 1.54) is 11.9 Å². The highest BCUT2D eigenvalue weighted by Gasteiger charge is 2.27. The average molecular weight is 597 g/mol. The number of anilines is 1. The van der Waals surface area contributed by atoms with Crippen LogP contribution < -0.4 is 10.7 Å². The van der Waals surface area contributed by atoms with Crippen molar-refractivity contribution < 1.29 is 23.9 Å². The van der Waals surface area contributed by atoms with E-state index in [2.05, 4.69) is 20.6 Å². The topological polar surface area (TPSA) is 116 Å². The summed E-state index contributed by atoms with van der Waals surface area (Å²) in [4.78, 5) is 45.8. The Morgan fingerprint density at radius 2 is 1.74 bits per heavy atom. The molecular formula is C30H37ClN6O5. The smallest absolute Gasteiger partial charge is 0.412 e. The van der Waals surface area contributed by atoms with Gasteiger partial charge in [-0.05, 0) is 36.4 Å². The molecule has 0 spiro atoms. The Bertz CT molecular complexity index is 1370. The van der Waals surface area contributed by atoms with Crippen LogP contribution in [0.25, 0.3) is 10.8 Å². The first-order valence-electron chi connectivity index (χ1n) is 14.0. The van der Waals surface area contributed by atoms with Crippen LogP contribution >= 0.6 is 11.6 Å². The Morgan fingerprint density at radius 1 is 1.02 bits per heavy atom. The number of amides is 3. The lowest BCUT2D eigenvalue weighted by Crippen LogP contribution is -2.53. The summed E-state index contributed by atoms with van der Waals surface area (Å²) in [6, 6.07) is 16.4. The highest BCUT2D eigenvalue weighted by Crippen LogP contribution is 2.18.